The predicted molar refractivity (Wildman–Crippen MR) is 112 cm³/mol. The van der Waals surface area contributed by atoms with Crippen LogP contribution in [-0.2, 0) is 9.84 Å². The van der Waals surface area contributed by atoms with Gasteiger partial charge in [0.15, 0.2) is 0 Å². The van der Waals surface area contributed by atoms with Crippen molar-refractivity contribution in [1.29, 1.82) is 0 Å². The van der Waals surface area contributed by atoms with E-state index < -0.39 is 21.7 Å². The average Bonchev–Trinajstić information content (AvgIpc) is 3.34. The van der Waals surface area contributed by atoms with Gasteiger partial charge >= 0.3 is 6.09 Å². The molecule has 0 saturated carbocycles. The zero-order valence-electron chi connectivity index (χ0n) is 16.5. The lowest BCUT2D eigenvalue weighted by molar-refractivity contribution is 0.153. The van der Waals surface area contributed by atoms with Crippen molar-refractivity contribution in [3.05, 3.63) is 60.5 Å². The summed E-state index contributed by atoms with van der Waals surface area (Å²) >= 11 is 0. The van der Waals surface area contributed by atoms with Crippen molar-refractivity contribution in [1.82, 2.24) is 9.88 Å². The second kappa shape index (κ2) is 7.19. The number of halogens is 1. The maximum Gasteiger partial charge on any atom is 0.407 e. The third-order valence-electron chi connectivity index (χ3n) is 6.21. The van der Waals surface area contributed by atoms with Crippen molar-refractivity contribution >= 4 is 32.5 Å². The Labute approximate surface area is 178 Å². The van der Waals surface area contributed by atoms with Gasteiger partial charge in [-0.1, -0.05) is 18.2 Å². The van der Waals surface area contributed by atoms with E-state index in [0.717, 1.165) is 24.7 Å². The Morgan fingerprint density at radius 3 is 2.68 bits per heavy atom. The van der Waals surface area contributed by atoms with Crippen LogP contribution >= 0.6 is 0 Å². The molecule has 3 aromatic rings. The molecule has 2 saturated heterocycles. The van der Waals surface area contributed by atoms with E-state index in [0.29, 0.717) is 24.0 Å². The number of pyridine rings is 1. The molecule has 5 rings (SSSR count). The third kappa shape index (κ3) is 3.29. The first-order valence-electron chi connectivity index (χ1n) is 9.98. The molecule has 2 atom stereocenters. The van der Waals surface area contributed by atoms with Crippen LogP contribution in [0.25, 0.3) is 10.9 Å². The first-order valence-corrected chi connectivity index (χ1v) is 11.5. The second-order valence-corrected chi connectivity index (χ2v) is 9.93. The Morgan fingerprint density at radius 2 is 1.90 bits per heavy atom. The van der Waals surface area contributed by atoms with E-state index in [1.165, 1.54) is 29.3 Å². The SMILES string of the molecule is O=C(O)N1CC2CCN(c3cccc4cc(S(=O)(=O)c5cccc(F)c5)cnc34)C2C1. The lowest BCUT2D eigenvalue weighted by Crippen LogP contribution is -2.36. The van der Waals surface area contributed by atoms with Gasteiger partial charge in [-0.25, -0.2) is 17.6 Å². The minimum absolute atomic E-state index is 0.0000304. The van der Waals surface area contributed by atoms with E-state index in [1.54, 1.807) is 12.1 Å². The van der Waals surface area contributed by atoms with Gasteiger partial charge in [0.05, 0.1) is 27.0 Å². The first-order chi connectivity index (χ1) is 14.8. The molecule has 2 unspecified atom stereocenters. The molecule has 0 aliphatic carbocycles. The van der Waals surface area contributed by atoms with E-state index in [1.807, 2.05) is 12.1 Å². The van der Waals surface area contributed by atoms with Crippen molar-refractivity contribution in [3.8, 4) is 0 Å². The van der Waals surface area contributed by atoms with E-state index in [4.69, 9.17) is 0 Å². The highest BCUT2D eigenvalue weighted by molar-refractivity contribution is 7.91. The standard InChI is InChI=1S/C22H20FN3O4S/c23-16-4-2-5-17(10-16)31(29,30)18-9-14-3-1-6-19(21(14)24-11-18)26-8-7-15-12-25(22(27)28)13-20(15)26/h1-6,9-11,15,20H,7-8,12-13H2,(H,27,28). The number of amides is 1. The van der Waals surface area contributed by atoms with Crippen LogP contribution in [0.5, 0.6) is 0 Å². The van der Waals surface area contributed by atoms with E-state index >= 15 is 0 Å². The van der Waals surface area contributed by atoms with Crippen LogP contribution in [0.3, 0.4) is 0 Å². The topological polar surface area (TPSA) is 90.8 Å². The lowest BCUT2D eigenvalue weighted by Gasteiger charge is -2.27. The average molecular weight is 441 g/mol. The number of benzene rings is 2. The highest BCUT2D eigenvalue weighted by atomic mass is 32.2. The molecule has 2 aliphatic rings. The second-order valence-electron chi connectivity index (χ2n) is 7.98. The summed E-state index contributed by atoms with van der Waals surface area (Å²) in [7, 11) is -3.90. The smallest absolute Gasteiger partial charge is 0.407 e. The Bertz CT molecular complexity index is 1300. The molecule has 0 spiro atoms. The summed E-state index contributed by atoms with van der Waals surface area (Å²) in [5.74, 6) is -0.341. The number of hydrogen-bond donors (Lipinski definition) is 1. The monoisotopic (exact) mass is 441 g/mol. The minimum Gasteiger partial charge on any atom is -0.465 e. The van der Waals surface area contributed by atoms with Gasteiger partial charge in [-0.15, -0.1) is 0 Å². The van der Waals surface area contributed by atoms with Gasteiger partial charge in [-0.05, 0) is 36.8 Å². The Balaban J connectivity index is 1.52. The van der Waals surface area contributed by atoms with Crippen LogP contribution in [0.4, 0.5) is 14.9 Å². The number of hydrogen-bond acceptors (Lipinski definition) is 5. The van der Waals surface area contributed by atoms with Crippen molar-refractivity contribution in [2.24, 2.45) is 5.92 Å². The van der Waals surface area contributed by atoms with Crippen molar-refractivity contribution in [2.45, 2.75) is 22.3 Å². The molecular weight excluding hydrogens is 421 g/mol. The van der Waals surface area contributed by atoms with Crippen LogP contribution in [0.1, 0.15) is 6.42 Å². The Kier molecular flexibility index (Phi) is 4.58. The molecular formula is C22H20FN3O4S. The fraction of sp³-hybridized carbons (Fsp3) is 0.273. The largest absolute Gasteiger partial charge is 0.465 e. The highest BCUT2D eigenvalue weighted by Crippen LogP contribution is 2.38. The molecule has 1 aromatic heterocycles. The van der Waals surface area contributed by atoms with Gasteiger partial charge in [0.25, 0.3) is 0 Å². The van der Waals surface area contributed by atoms with Crippen LogP contribution in [0.15, 0.2) is 64.5 Å². The molecule has 9 heteroatoms. The number of aromatic nitrogens is 1. The normalized spacial score (nSPS) is 20.9. The van der Waals surface area contributed by atoms with Crippen LogP contribution in [0.2, 0.25) is 0 Å². The lowest BCUT2D eigenvalue weighted by atomic mass is 10.0. The zero-order valence-corrected chi connectivity index (χ0v) is 17.3. The number of nitrogens with zero attached hydrogens (tertiary/aromatic N) is 3. The number of anilines is 1. The van der Waals surface area contributed by atoms with Crippen LogP contribution < -0.4 is 4.90 Å². The summed E-state index contributed by atoms with van der Waals surface area (Å²) in [6.07, 6.45) is 1.30. The third-order valence-corrected chi connectivity index (χ3v) is 7.93. The number of likely N-dealkylation sites (tertiary alicyclic amines) is 1. The summed E-state index contributed by atoms with van der Waals surface area (Å²) in [6, 6.07) is 12.1. The zero-order chi connectivity index (χ0) is 21.8. The highest BCUT2D eigenvalue weighted by Gasteiger charge is 2.43. The summed E-state index contributed by atoms with van der Waals surface area (Å²) in [6.45, 7) is 1.78. The van der Waals surface area contributed by atoms with Crippen LogP contribution in [-0.4, -0.2) is 55.2 Å². The fourth-order valence-electron chi connectivity index (χ4n) is 4.69. The molecule has 2 fully saturated rings. The number of rotatable bonds is 3. The van der Waals surface area contributed by atoms with E-state index in [-0.39, 0.29) is 21.8 Å². The number of para-hydroxylation sites is 1. The maximum absolute atomic E-state index is 13.6. The molecule has 2 aliphatic heterocycles. The van der Waals surface area contributed by atoms with Gasteiger partial charge in [-0.2, -0.15) is 0 Å². The molecule has 0 radical (unpaired) electrons. The van der Waals surface area contributed by atoms with Crippen molar-refractivity contribution < 1.29 is 22.7 Å². The van der Waals surface area contributed by atoms with E-state index in [2.05, 4.69) is 9.88 Å². The van der Waals surface area contributed by atoms with Gasteiger partial charge in [0.1, 0.15) is 5.82 Å². The molecule has 7 nitrogen and oxygen atoms in total. The number of fused-ring (bicyclic) bond motifs is 2. The quantitative estimate of drug-likeness (QED) is 0.670. The number of carboxylic acid groups (broad SMARTS) is 1. The first kappa shape index (κ1) is 19.7. The van der Waals surface area contributed by atoms with Gasteiger partial charge in [0, 0.05) is 37.1 Å². The molecule has 1 amide bonds. The Hall–Kier alpha value is -3.20. The molecule has 160 valence electrons. The predicted octanol–water partition coefficient (Wildman–Crippen LogP) is 3.40. The molecule has 3 heterocycles. The summed E-state index contributed by atoms with van der Waals surface area (Å²) < 4.78 is 39.4. The van der Waals surface area contributed by atoms with Crippen molar-refractivity contribution in [2.75, 3.05) is 24.5 Å². The molecule has 0 bridgehead atoms. The fourth-order valence-corrected chi connectivity index (χ4v) is 5.96. The van der Waals surface area contributed by atoms with Gasteiger partial charge in [-0.3, -0.25) is 4.98 Å². The molecule has 1 N–H and O–H groups in total. The number of sulfone groups is 1. The summed E-state index contributed by atoms with van der Waals surface area (Å²) in [5, 5.41) is 9.99. The Morgan fingerprint density at radius 1 is 1.10 bits per heavy atom. The molecule has 2 aromatic carbocycles. The van der Waals surface area contributed by atoms with Crippen LogP contribution in [0, 0.1) is 11.7 Å². The summed E-state index contributed by atoms with van der Waals surface area (Å²) in [5.41, 5.74) is 1.53. The van der Waals surface area contributed by atoms with Gasteiger partial charge in [0.2, 0.25) is 9.84 Å². The van der Waals surface area contributed by atoms with Gasteiger partial charge < -0.3 is 14.9 Å². The van der Waals surface area contributed by atoms with E-state index in [9.17, 15) is 22.7 Å². The summed E-state index contributed by atoms with van der Waals surface area (Å²) in [4.78, 5) is 19.3. The molecule has 31 heavy (non-hydrogen) atoms. The maximum atomic E-state index is 13.6. The number of carbonyl (C=O) groups is 1. The van der Waals surface area contributed by atoms with Crippen molar-refractivity contribution in [3.63, 3.8) is 0 Å². The minimum atomic E-state index is -3.90.